The van der Waals surface area contributed by atoms with Gasteiger partial charge < -0.3 is 11.1 Å². The summed E-state index contributed by atoms with van der Waals surface area (Å²) in [7, 11) is 0. The number of hydrogen-bond acceptors (Lipinski definition) is 3. The Morgan fingerprint density at radius 1 is 1.29 bits per heavy atom. The van der Waals surface area contributed by atoms with Crippen molar-refractivity contribution in [3.05, 3.63) is 53.1 Å². The van der Waals surface area contributed by atoms with Gasteiger partial charge in [0.1, 0.15) is 0 Å². The molecule has 21 heavy (non-hydrogen) atoms. The second-order valence-electron chi connectivity index (χ2n) is 4.73. The number of hydrogen-bond donors (Lipinski definition) is 2. The molecule has 0 saturated carbocycles. The van der Waals surface area contributed by atoms with Gasteiger partial charge in [0, 0.05) is 21.3 Å². The van der Waals surface area contributed by atoms with Gasteiger partial charge in [0.05, 0.1) is 5.25 Å². The van der Waals surface area contributed by atoms with E-state index < -0.39 is 0 Å². The first kappa shape index (κ1) is 15.7. The first-order chi connectivity index (χ1) is 9.97. The Morgan fingerprint density at radius 3 is 2.71 bits per heavy atom. The Balaban J connectivity index is 2.04. The standard InChI is InChI=1S/C16H17ClN2OS/c1-10-14(17)7-4-8-15(10)19-16(20)11(2)21-13-6-3-5-12(18)9-13/h3-9,11H,18H2,1-2H3,(H,19,20). The van der Waals surface area contributed by atoms with E-state index in [1.807, 2.05) is 50.2 Å². The minimum atomic E-state index is -0.231. The van der Waals surface area contributed by atoms with Gasteiger partial charge in [0.15, 0.2) is 0 Å². The third-order valence-corrected chi connectivity index (χ3v) is 4.57. The minimum Gasteiger partial charge on any atom is -0.399 e. The normalized spacial score (nSPS) is 12.0. The Kier molecular flexibility index (Phi) is 5.15. The maximum absolute atomic E-state index is 12.3. The fourth-order valence-electron chi connectivity index (χ4n) is 1.82. The summed E-state index contributed by atoms with van der Waals surface area (Å²) in [5.41, 5.74) is 8.05. The summed E-state index contributed by atoms with van der Waals surface area (Å²) < 4.78 is 0. The van der Waals surface area contributed by atoms with Crippen molar-refractivity contribution in [1.82, 2.24) is 0 Å². The molecule has 0 fully saturated rings. The smallest absolute Gasteiger partial charge is 0.237 e. The highest BCUT2D eigenvalue weighted by Crippen LogP contribution is 2.27. The number of carbonyl (C=O) groups excluding carboxylic acids is 1. The maximum atomic E-state index is 12.3. The van der Waals surface area contributed by atoms with Crippen molar-refractivity contribution in [2.75, 3.05) is 11.1 Å². The minimum absolute atomic E-state index is 0.0622. The molecule has 0 heterocycles. The average Bonchev–Trinajstić information content (AvgIpc) is 2.44. The predicted molar refractivity (Wildman–Crippen MR) is 91.0 cm³/mol. The van der Waals surface area contributed by atoms with Crippen molar-refractivity contribution < 1.29 is 4.79 Å². The van der Waals surface area contributed by atoms with Gasteiger partial charge in [-0.3, -0.25) is 4.79 Å². The summed E-state index contributed by atoms with van der Waals surface area (Å²) in [6, 6.07) is 13.0. The molecule has 1 unspecified atom stereocenters. The van der Waals surface area contributed by atoms with Crippen molar-refractivity contribution in [1.29, 1.82) is 0 Å². The van der Waals surface area contributed by atoms with Crippen LogP contribution in [0.5, 0.6) is 0 Å². The molecular formula is C16H17ClN2OS. The summed E-state index contributed by atoms with van der Waals surface area (Å²) in [5.74, 6) is -0.0622. The molecule has 0 aliphatic heterocycles. The Bertz CT molecular complexity index is 660. The summed E-state index contributed by atoms with van der Waals surface area (Å²) in [6.45, 7) is 3.75. The fraction of sp³-hybridized carbons (Fsp3) is 0.188. The zero-order chi connectivity index (χ0) is 15.4. The van der Waals surface area contributed by atoms with Crippen LogP contribution in [-0.4, -0.2) is 11.2 Å². The first-order valence-corrected chi connectivity index (χ1v) is 7.81. The summed E-state index contributed by atoms with van der Waals surface area (Å²) in [5, 5.41) is 3.32. The number of nitrogens with two attached hydrogens (primary N) is 1. The Hall–Kier alpha value is -1.65. The Morgan fingerprint density at radius 2 is 2.00 bits per heavy atom. The number of nitrogens with one attached hydrogen (secondary N) is 1. The SMILES string of the molecule is Cc1c(Cl)cccc1NC(=O)C(C)Sc1cccc(N)c1. The monoisotopic (exact) mass is 320 g/mol. The zero-order valence-electron chi connectivity index (χ0n) is 11.9. The molecule has 5 heteroatoms. The van der Waals surface area contributed by atoms with Gasteiger partial charge in [0.2, 0.25) is 5.91 Å². The van der Waals surface area contributed by atoms with Gasteiger partial charge >= 0.3 is 0 Å². The molecule has 0 aliphatic carbocycles. The fourth-order valence-corrected chi connectivity index (χ4v) is 2.93. The lowest BCUT2D eigenvalue weighted by Gasteiger charge is -2.14. The number of thioether (sulfide) groups is 1. The molecule has 0 saturated heterocycles. The first-order valence-electron chi connectivity index (χ1n) is 6.55. The van der Waals surface area contributed by atoms with Gasteiger partial charge in [-0.25, -0.2) is 0 Å². The van der Waals surface area contributed by atoms with Gasteiger partial charge in [-0.15, -0.1) is 11.8 Å². The molecule has 2 aromatic rings. The number of anilines is 2. The number of rotatable bonds is 4. The third-order valence-electron chi connectivity index (χ3n) is 3.07. The van der Waals surface area contributed by atoms with Crippen molar-refractivity contribution in [2.45, 2.75) is 24.0 Å². The number of amides is 1. The van der Waals surface area contributed by atoms with E-state index in [1.54, 1.807) is 6.07 Å². The van der Waals surface area contributed by atoms with E-state index in [4.69, 9.17) is 17.3 Å². The third kappa shape index (κ3) is 4.16. The van der Waals surface area contributed by atoms with Crippen LogP contribution in [0.1, 0.15) is 12.5 Å². The molecule has 3 N–H and O–H groups in total. The van der Waals surface area contributed by atoms with Crippen molar-refractivity contribution >= 4 is 40.6 Å². The van der Waals surface area contributed by atoms with E-state index in [-0.39, 0.29) is 11.2 Å². The number of carbonyl (C=O) groups is 1. The molecule has 2 rings (SSSR count). The lowest BCUT2D eigenvalue weighted by molar-refractivity contribution is -0.115. The van der Waals surface area contributed by atoms with Crippen LogP contribution in [-0.2, 0) is 4.79 Å². The molecule has 1 atom stereocenters. The summed E-state index contributed by atoms with van der Waals surface area (Å²) in [4.78, 5) is 13.2. The van der Waals surface area contributed by atoms with Crippen LogP contribution in [0, 0.1) is 6.92 Å². The summed E-state index contributed by atoms with van der Waals surface area (Å²) in [6.07, 6.45) is 0. The second-order valence-corrected chi connectivity index (χ2v) is 6.56. The topological polar surface area (TPSA) is 55.1 Å². The molecule has 2 aromatic carbocycles. The largest absolute Gasteiger partial charge is 0.399 e. The van der Waals surface area contributed by atoms with Crippen LogP contribution < -0.4 is 11.1 Å². The van der Waals surface area contributed by atoms with Crippen LogP contribution in [0.4, 0.5) is 11.4 Å². The highest BCUT2D eigenvalue weighted by Gasteiger charge is 2.16. The average molecular weight is 321 g/mol. The van der Waals surface area contributed by atoms with Crippen molar-refractivity contribution in [3.63, 3.8) is 0 Å². The molecule has 3 nitrogen and oxygen atoms in total. The molecule has 110 valence electrons. The highest BCUT2D eigenvalue weighted by atomic mass is 35.5. The van der Waals surface area contributed by atoms with Crippen LogP contribution in [0.3, 0.4) is 0 Å². The van der Waals surface area contributed by atoms with E-state index in [9.17, 15) is 4.79 Å². The van der Waals surface area contributed by atoms with Crippen LogP contribution >= 0.6 is 23.4 Å². The number of halogens is 1. The predicted octanol–water partition coefficient (Wildman–Crippen LogP) is 4.35. The quantitative estimate of drug-likeness (QED) is 0.650. The zero-order valence-corrected chi connectivity index (χ0v) is 13.5. The van der Waals surface area contributed by atoms with Gasteiger partial charge in [0.25, 0.3) is 0 Å². The molecule has 0 aromatic heterocycles. The van der Waals surface area contributed by atoms with Crippen LogP contribution in [0.15, 0.2) is 47.4 Å². The number of nitrogen functional groups attached to an aromatic ring is 1. The lowest BCUT2D eigenvalue weighted by atomic mass is 10.2. The lowest BCUT2D eigenvalue weighted by Crippen LogP contribution is -2.22. The molecular weight excluding hydrogens is 304 g/mol. The van der Waals surface area contributed by atoms with E-state index >= 15 is 0 Å². The highest BCUT2D eigenvalue weighted by molar-refractivity contribution is 8.00. The molecule has 0 spiro atoms. The van der Waals surface area contributed by atoms with E-state index in [0.29, 0.717) is 10.7 Å². The van der Waals surface area contributed by atoms with Crippen LogP contribution in [0.25, 0.3) is 0 Å². The van der Waals surface area contributed by atoms with Crippen molar-refractivity contribution in [2.24, 2.45) is 0 Å². The number of benzene rings is 2. The van der Waals surface area contributed by atoms with E-state index in [0.717, 1.165) is 16.1 Å². The van der Waals surface area contributed by atoms with Crippen molar-refractivity contribution in [3.8, 4) is 0 Å². The van der Waals surface area contributed by atoms with E-state index in [2.05, 4.69) is 5.32 Å². The second kappa shape index (κ2) is 6.87. The van der Waals surface area contributed by atoms with Gasteiger partial charge in [-0.05, 0) is 49.7 Å². The molecule has 1 amide bonds. The van der Waals surface area contributed by atoms with Gasteiger partial charge in [-0.1, -0.05) is 23.7 Å². The van der Waals surface area contributed by atoms with E-state index in [1.165, 1.54) is 11.8 Å². The van der Waals surface area contributed by atoms with Gasteiger partial charge in [-0.2, -0.15) is 0 Å². The maximum Gasteiger partial charge on any atom is 0.237 e. The summed E-state index contributed by atoms with van der Waals surface area (Å²) >= 11 is 7.52. The molecule has 0 bridgehead atoms. The van der Waals surface area contributed by atoms with Crippen LogP contribution in [0.2, 0.25) is 5.02 Å². The Labute approximate surface area is 133 Å². The molecule has 0 radical (unpaired) electrons. The molecule has 0 aliphatic rings.